The van der Waals surface area contributed by atoms with Gasteiger partial charge in [0, 0.05) is 5.56 Å². The van der Waals surface area contributed by atoms with E-state index in [1.807, 2.05) is 36.4 Å². The first-order valence-corrected chi connectivity index (χ1v) is 18.8. The van der Waals surface area contributed by atoms with E-state index in [2.05, 4.69) is 60.4 Å². The Morgan fingerprint density at radius 2 is 1.40 bits per heavy atom. The van der Waals surface area contributed by atoms with Gasteiger partial charge in [0.15, 0.2) is 0 Å². The minimum absolute atomic E-state index is 0.0386. The molecule has 0 N–H and O–H groups in total. The lowest BCUT2D eigenvalue weighted by molar-refractivity contribution is -0.137. The van der Waals surface area contributed by atoms with Crippen LogP contribution in [0.25, 0.3) is 11.4 Å². The summed E-state index contributed by atoms with van der Waals surface area (Å²) in [5, 5.41) is 15.1. The average Bonchev–Trinajstić information content (AvgIpc) is 3.58. The molecule has 4 aromatic carbocycles. The van der Waals surface area contributed by atoms with Crippen molar-refractivity contribution < 1.29 is 36.7 Å². The number of nitrogens with zero attached hydrogens (tertiary/aromatic N) is 5. The van der Waals surface area contributed by atoms with E-state index in [0.717, 1.165) is 39.5 Å². The number of halogens is 3. The quantitative estimate of drug-likeness (QED) is 0.105. The highest BCUT2D eigenvalue weighted by molar-refractivity contribution is 6.99. The Kier molecular flexibility index (Phi) is 11.2. The van der Waals surface area contributed by atoms with Crippen LogP contribution in [0, 0.1) is 0 Å². The summed E-state index contributed by atoms with van der Waals surface area (Å²) in [7, 11) is -1.64. The van der Waals surface area contributed by atoms with E-state index in [0.29, 0.717) is 0 Å². The first kappa shape index (κ1) is 38.9. The number of alkyl halides is 3. The maximum Gasteiger partial charge on any atom is 0.419 e. The van der Waals surface area contributed by atoms with E-state index in [1.54, 1.807) is 20.8 Å². The lowest BCUT2D eigenvalue weighted by Crippen LogP contribution is -2.66. The Bertz CT molecular complexity index is 1990. The normalized spacial score (nSPS) is 12.3. The number of carbonyl (C=O) groups is 2. The van der Waals surface area contributed by atoms with Crippen LogP contribution in [0.15, 0.2) is 103 Å². The van der Waals surface area contributed by atoms with Gasteiger partial charge in [-0.3, -0.25) is 0 Å². The molecule has 0 aliphatic carbocycles. The van der Waals surface area contributed by atoms with Crippen molar-refractivity contribution in [2.24, 2.45) is 0 Å². The van der Waals surface area contributed by atoms with Crippen LogP contribution >= 0.6 is 0 Å². The molecule has 0 fully saturated rings. The fourth-order valence-corrected chi connectivity index (χ4v) is 10.6. The number of tetrazole rings is 1. The molecule has 1 aromatic heterocycles. The fourth-order valence-electron chi connectivity index (χ4n) is 6.09. The molecule has 0 radical (unpaired) electrons. The van der Waals surface area contributed by atoms with Crippen LogP contribution < -0.4 is 15.3 Å². The van der Waals surface area contributed by atoms with Crippen LogP contribution in [0.4, 0.5) is 29.3 Å². The number of benzene rings is 4. The number of hydrogen-bond donors (Lipinski definition) is 0. The van der Waals surface area contributed by atoms with Crippen molar-refractivity contribution in [2.75, 3.05) is 18.6 Å². The first-order valence-electron chi connectivity index (χ1n) is 16.9. The van der Waals surface area contributed by atoms with Crippen molar-refractivity contribution >= 4 is 42.1 Å². The van der Waals surface area contributed by atoms with Gasteiger partial charge in [0.25, 0.3) is 8.32 Å². The smallest absolute Gasteiger partial charge is 0.419 e. The van der Waals surface area contributed by atoms with E-state index in [4.69, 9.17) is 13.9 Å². The third-order valence-electron chi connectivity index (χ3n) is 8.41. The summed E-state index contributed by atoms with van der Waals surface area (Å²) in [5.41, 5.74) is -1.34. The second-order valence-electron chi connectivity index (χ2n) is 14.3. The second-order valence-corrected chi connectivity index (χ2v) is 18.6. The molecule has 14 heteroatoms. The first-order chi connectivity index (χ1) is 24.9. The van der Waals surface area contributed by atoms with Crippen molar-refractivity contribution in [3.63, 3.8) is 0 Å². The van der Waals surface area contributed by atoms with Gasteiger partial charge >= 0.3 is 18.2 Å². The standard InChI is InChI=1S/C39H42F3N5O5Si/c1-37(2,3)52-36(49)47(29-21-19-28(20-22-29)39(40,41)42)33-23-18-27(35(48)50-7)26-32(33)34-43-45-46(44-34)24-25-51-53(38(4,5)6,30-14-10-8-11-15-30)31-16-12-9-13-17-31/h8-23,26H,24-25H2,1-7H3. The highest BCUT2D eigenvalue weighted by Crippen LogP contribution is 2.39. The molecule has 0 saturated carbocycles. The highest BCUT2D eigenvalue weighted by atomic mass is 28.4. The van der Waals surface area contributed by atoms with E-state index in [9.17, 15) is 22.8 Å². The number of ether oxygens (including phenoxy) is 2. The van der Waals surface area contributed by atoms with Gasteiger partial charge < -0.3 is 13.9 Å². The molecule has 1 heterocycles. The van der Waals surface area contributed by atoms with Gasteiger partial charge in [0.2, 0.25) is 5.82 Å². The Hall–Kier alpha value is -5.34. The van der Waals surface area contributed by atoms with Crippen LogP contribution in [-0.2, 0) is 26.6 Å². The number of anilines is 2. The summed E-state index contributed by atoms with van der Waals surface area (Å²) < 4.78 is 58.0. The minimum atomic E-state index is -4.59. The van der Waals surface area contributed by atoms with Crippen LogP contribution in [0.1, 0.15) is 57.5 Å². The summed E-state index contributed by atoms with van der Waals surface area (Å²) in [6, 6.07) is 28.7. The number of hydrogen-bond acceptors (Lipinski definition) is 8. The molecule has 10 nitrogen and oxygen atoms in total. The number of aromatic nitrogens is 4. The predicted molar refractivity (Wildman–Crippen MR) is 198 cm³/mol. The van der Waals surface area contributed by atoms with Gasteiger partial charge in [-0.25, -0.2) is 14.5 Å². The van der Waals surface area contributed by atoms with Crippen molar-refractivity contribution in [2.45, 2.75) is 64.9 Å². The summed E-state index contributed by atoms with van der Waals surface area (Å²) in [5.74, 6) is -0.626. The second kappa shape index (κ2) is 15.3. The maximum atomic E-state index is 13.8. The molecular weight excluding hydrogens is 704 g/mol. The van der Waals surface area contributed by atoms with Gasteiger partial charge in [-0.2, -0.15) is 18.0 Å². The Labute approximate surface area is 307 Å². The maximum absolute atomic E-state index is 13.8. The minimum Gasteiger partial charge on any atom is -0.465 e. The summed E-state index contributed by atoms with van der Waals surface area (Å²) in [4.78, 5) is 28.9. The average molecular weight is 746 g/mol. The van der Waals surface area contributed by atoms with Gasteiger partial charge in [-0.1, -0.05) is 81.4 Å². The van der Waals surface area contributed by atoms with Gasteiger partial charge in [0.1, 0.15) is 5.60 Å². The predicted octanol–water partition coefficient (Wildman–Crippen LogP) is 7.80. The van der Waals surface area contributed by atoms with Crippen molar-refractivity contribution in [3.05, 3.63) is 114 Å². The summed E-state index contributed by atoms with van der Waals surface area (Å²) in [6.45, 7) is 12.0. The summed E-state index contributed by atoms with van der Waals surface area (Å²) in [6.07, 6.45) is -5.47. The highest BCUT2D eigenvalue weighted by Gasteiger charge is 2.50. The zero-order valence-electron chi connectivity index (χ0n) is 30.6. The van der Waals surface area contributed by atoms with Gasteiger partial charge in [-0.15, -0.1) is 10.2 Å². The van der Waals surface area contributed by atoms with E-state index < -0.39 is 37.7 Å². The molecular formula is C39H42F3N5O5Si. The van der Waals surface area contributed by atoms with E-state index >= 15 is 0 Å². The number of rotatable bonds is 10. The Balaban J connectivity index is 1.54. The van der Waals surface area contributed by atoms with Gasteiger partial charge in [0.05, 0.1) is 42.8 Å². The van der Waals surface area contributed by atoms with E-state index in [-0.39, 0.29) is 46.5 Å². The molecule has 278 valence electrons. The van der Waals surface area contributed by atoms with Crippen LogP contribution in [0.2, 0.25) is 5.04 Å². The molecule has 1 amide bonds. The number of carbonyl (C=O) groups excluding carboxylic acids is 2. The number of methoxy groups -OCH3 is 1. The third-order valence-corrected chi connectivity index (χ3v) is 13.5. The van der Waals surface area contributed by atoms with Gasteiger partial charge in [-0.05, 0) is 83.9 Å². The zero-order valence-corrected chi connectivity index (χ0v) is 31.6. The van der Waals surface area contributed by atoms with Crippen molar-refractivity contribution in [1.29, 1.82) is 0 Å². The third kappa shape index (κ3) is 8.66. The lowest BCUT2D eigenvalue weighted by Gasteiger charge is -2.43. The van der Waals surface area contributed by atoms with Crippen LogP contribution in [0.3, 0.4) is 0 Å². The molecule has 0 aliphatic rings. The van der Waals surface area contributed by atoms with Crippen LogP contribution in [0.5, 0.6) is 0 Å². The summed E-state index contributed by atoms with van der Waals surface area (Å²) >= 11 is 0. The van der Waals surface area contributed by atoms with Crippen molar-refractivity contribution in [3.8, 4) is 11.4 Å². The number of esters is 1. The molecule has 0 spiro atoms. The number of amides is 1. The van der Waals surface area contributed by atoms with Crippen LogP contribution in [-0.4, -0.2) is 59.9 Å². The largest absolute Gasteiger partial charge is 0.465 e. The van der Waals surface area contributed by atoms with Crippen molar-refractivity contribution in [1.82, 2.24) is 20.2 Å². The molecule has 5 aromatic rings. The SMILES string of the molecule is COC(=O)c1ccc(N(C(=O)OC(C)(C)C)c2ccc(C(F)(F)F)cc2)c(-c2nnn(CCO[Si](c3ccccc3)(c3ccccc3)C(C)(C)C)n2)c1. The molecule has 53 heavy (non-hydrogen) atoms. The lowest BCUT2D eigenvalue weighted by atomic mass is 10.1. The molecule has 0 unspecified atom stereocenters. The fraction of sp³-hybridized carbons (Fsp3) is 0.308. The molecule has 5 rings (SSSR count). The molecule has 0 aliphatic heterocycles. The zero-order chi connectivity index (χ0) is 38.6. The topological polar surface area (TPSA) is 109 Å². The molecule has 0 bridgehead atoms. The van der Waals surface area contributed by atoms with E-state index in [1.165, 1.54) is 30.1 Å². The Morgan fingerprint density at radius 1 is 0.811 bits per heavy atom. The Morgan fingerprint density at radius 3 is 1.91 bits per heavy atom. The molecule has 0 atom stereocenters. The monoisotopic (exact) mass is 745 g/mol. The molecule has 0 saturated heterocycles.